The van der Waals surface area contributed by atoms with Crippen LogP contribution < -0.4 is 14.8 Å². The van der Waals surface area contributed by atoms with Gasteiger partial charge in [-0.3, -0.25) is 4.79 Å². The van der Waals surface area contributed by atoms with Crippen molar-refractivity contribution in [3.05, 3.63) is 57.8 Å². The molecule has 0 bridgehead atoms. The second-order valence-electron chi connectivity index (χ2n) is 5.50. The smallest absolute Gasteiger partial charge is 0.266 e. The Labute approximate surface area is 165 Å². The Morgan fingerprint density at radius 3 is 2.59 bits per heavy atom. The van der Waals surface area contributed by atoms with E-state index < -0.39 is 11.7 Å². The maximum Gasteiger partial charge on any atom is 0.266 e. The molecule has 0 atom stereocenters. The summed E-state index contributed by atoms with van der Waals surface area (Å²) in [6.07, 6.45) is 2.29. The molecule has 2 aromatic carbocycles. The molecule has 2 aromatic rings. The second kappa shape index (κ2) is 9.74. The Morgan fingerprint density at radius 2 is 2.00 bits per heavy atom. The van der Waals surface area contributed by atoms with Gasteiger partial charge in [0.05, 0.1) is 13.7 Å². The summed E-state index contributed by atoms with van der Waals surface area (Å²) < 4.78 is 24.6. The average Bonchev–Trinajstić information content (AvgIpc) is 2.67. The topological polar surface area (TPSA) is 71.3 Å². The number of carbonyl (C=O) groups is 1. The lowest BCUT2D eigenvalue weighted by Crippen LogP contribution is -2.13. The van der Waals surface area contributed by atoms with Gasteiger partial charge in [-0.25, -0.2) is 4.39 Å². The van der Waals surface area contributed by atoms with Crippen LogP contribution in [0.5, 0.6) is 11.5 Å². The van der Waals surface area contributed by atoms with Crippen molar-refractivity contribution in [2.24, 2.45) is 0 Å². The minimum Gasteiger partial charge on any atom is -0.493 e. The zero-order chi connectivity index (χ0) is 19.8. The van der Waals surface area contributed by atoms with Crippen molar-refractivity contribution in [3.63, 3.8) is 0 Å². The second-order valence-corrected chi connectivity index (χ2v) is 6.36. The Kier molecular flexibility index (Phi) is 7.38. The highest BCUT2D eigenvalue weighted by Crippen LogP contribution is 2.34. The normalized spacial score (nSPS) is 10.9. The van der Waals surface area contributed by atoms with Gasteiger partial charge in [-0.1, -0.05) is 22.9 Å². The molecule has 2 rings (SSSR count). The first-order valence-corrected chi connectivity index (χ1v) is 8.96. The SMILES string of the molecule is CCCOc1cc(Br)c(C=C(C#N)C(=O)Nc2ccc(F)cc2)cc1OC. The first-order chi connectivity index (χ1) is 13.0. The lowest BCUT2D eigenvalue weighted by molar-refractivity contribution is -0.112. The standard InChI is InChI=1S/C20H18BrFN2O3/c1-3-8-27-19-11-17(21)13(10-18(19)26-2)9-14(12-23)20(25)24-16-6-4-15(22)5-7-16/h4-7,9-11H,3,8H2,1-2H3,(H,24,25). The predicted octanol–water partition coefficient (Wildman–Crippen LogP) is 4.93. The van der Waals surface area contributed by atoms with Gasteiger partial charge in [0.25, 0.3) is 5.91 Å². The Balaban J connectivity index is 2.29. The van der Waals surface area contributed by atoms with Crippen LogP contribution in [0.4, 0.5) is 10.1 Å². The maximum absolute atomic E-state index is 13.0. The number of benzene rings is 2. The van der Waals surface area contributed by atoms with Gasteiger partial charge in [-0.2, -0.15) is 5.26 Å². The van der Waals surface area contributed by atoms with Crippen LogP contribution in [-0.4, -0.2) is 19.6 Å². The van der Waals surface area contributed by atoms with Crippen LogP contribution in [0.15, 0.2) is 46.4 Å². The Hall–Kier alpha value is -2.85. The molecule has 27 heavy (non-hydrogen) atoms. The molecule has 0 aliphatic heterocycles. The molecule has 140 valence electrons. The van der Waals surface area contributed by atoms with Crippen molar-refractivity contribution < 1.29 is 18.7 Å². The highest BCUT2D eigenvalue weighted by atomic mass is 79.9. The molecular formula is C20H18BrFN2O3. The molecule has 0 radical (unpaired) electrons. The average molecular weight is 433 g/mol. The molecule has 7 heteroatoms. The summed E-state index contributed by atoms with van der Waals surface area (Å²) >= 11 is 3.42. The van der Waals surface area contributed by atoms with Gasteiger partial charge in [0.2, 0.25) is 0 Å². The third-order valence-corrected chi connectivity index (χ3v) is 4.20. The van der Waals surface area contributed by atoms with Gasteiger partial charge < -0.3 is 14.8 Å². The zero-order valence-electron chi connectivity index (χ0n) is 14.9. The molecule has 0 aliphatic rings. The fourth-order valence-electron chi connectivity index (χ4n) is 2.18. The van der Waals surface area contributed by atoms with Crippen LogP contribution in [0.25, 0.3) is 6.08 Å². The molecule has 0 saturated heterocycles. The lowest BCUT2D eigenvalue weighted by Gasteiger charge is -2.12. The number of methoxy groups -OCH3 is 1. The summed E-state index contributed by atoms with van der Waals surface area (Å²) in [5.41, 5.74) is 0.869. The van der Waals surface area contributed by atoms with Gasteiger partial charge in [0.1, 0.15) is 17.5 Å². The number of nitrogens with zero attached hydrogens (tertiary/aromatic N) is 1. The summed E-state index contributed by atoms with van der Waals surface area (Å²) in [6, 6.07) is 10.6. The van der Waals surface area contributed by atoms with E-state index in [0.29, 0.717) is 33.8 Å². The number of rotatable bonds is 7. The number of amides is 1. The monoisotopic (exact) mass is 432 g/mol. The van der Waals surface area contributed by atoms with Crippen LogP contribution in [0.2, 0.25) is 0 Å². The van der Waals surface area contributed by atoms with E-state index in [0.717, 1.165) is 6.42 Å². The van der Waals surface area contributed by atoms with E-state index in [1.54, 1.807) is 12.1 Å². The molecule has 1 N–H and O–H groups in total. The molecule has 0 unspecified atom stereocenters. The van der Waals surface area contributed by atoms with Crippen molar-refractivity contribution >= 4 is 33.6 Å². The van der Waals surface area contributed by atoms with Crippen molar-refractivity contribution in [2.75, 3.05) is 19.0 Å². The minimum atomic E-state index is -0.596. The van der Waals surface area contributed by atoms with E-state index in [9.17, 15) is 14.4 Å². The third kappa shape index (κ3) is 5.56. The summed E-state index contributed by atoms with van der Waals surface area (Å²) in [7, 11) is 1.52. The number of ether oxygens (including phenoxy) is 2. The van der Waals surface area contributed by atoms with Gasteiger partial charge >= 0.3 is 0 Å². The Bertz CT molecular complexity index is 889. The molecule has 5 nitrogen and oxygen atoms in total. The maximum atomic E-state index is 13.0. The van der Waals surface area contributed by atoms with E-state index in [1.807, 2.05) is 13.0 Å². The molecular weight excluding hydrogens is 415 g/mol. The number of nitriles is 1. The highest BCUT2D eigenvalue weighted by molar-refractivity contribution is 9.10. The van der Waals surface area contributed by atoms with Gasteiger partial charge in [-0.15, -0.1) is 0 Å². The molecule has 0 heterocycles. The molecule has 0 aromatic heterocycles. The number of carbonyl (C=O) groups excluding carboxylic acids is 1. The van der Waals surface area contributed by atoms with Gasteiger partial charge in [-0.05, 0) is 54.5 Å². The fraction of sp³-hybridized carbons (Fsp3) is 0.200. The summed E-state index contributed by atoms with van der Waals surface area (Å²) in [6.45, 7) is 2.54. The van der Waals surface area contributed by atoms with Crippen LogP contribution in [0.3, 0.4) is 0 Å². The minimum absolute atomic E-state index is 0.107. The molecule has 1 amide bonds. The summed E-state index contributed by atoms with van der Waals surface area (Å²) in [5, 5.41) is 11.9. The number of hydrogen-bond donors (Lipinski definition) is 1. The van der Waals surface area contributed by atoms with Crippen molar-refractivity contribution in [1.29, 1.82) is 5.26 Å². The Morgan fingerprint density at radius 1 is 1.30 bits per heavy atom. The summed E-state index contributed by atoms with van der Waals surface area (Å²) in [4.78, 5) is 12.3. The highest BCUT2D eigenvalue weighted by Gasteiger charge is 2.14. The molecule has 0 aliphatic carbocycles. The third-order valence-electron chi connectivity index (χ3n) is 3.51. The predicted molar refractivity (Wildman–Crippen MR) is 105 cm³/mol. The van der Waals surface area contributed by atoms with Gasteiger partial charge in [0.15, 0.2) is 11.5 Å². The van der Waals surface area contributed by atoms with Gasteiger partial charge in [0, 0.05) is 10.2 Å². The van der Waals surface area contributed by atoms with Crippen molar-refractivity contribution in [1.82, 2.24) is 0 Å². The number of anilines is 1. The summed E-state index contributed by atoms with van der Waals surface area (Å²) in [5.74, 6) is 0.0542. The first kappa shape index (κ1) is 20.5. The first-order valence-electron chi connectivity index (χ1n) is 8.17. The van der Waals surface area contributed by atoms with Crippen LogP contribution in [-0.2, 0) is 4.79 Å². The van der Waals surface area contributed by atoms with Crippen LogP contribution in [0, 0.1) is 17.1 Å². The molecule has 0 saturated carbocycles. The van der Waals surface area contributed by atoms with E-state index in [-0.39, 0.29) is 5.57 Å². The number of halogens is 2. The van der Waals surface area contributed by atoms with Crippen molar-refractivity contribution in [2.45, 2.75) is 13.3 Å². The number of nitrogens with one attached hydrogen (secondary N) is 1. The van der Waals surface area contributed by atoms with Crippen LogP contribution >= 0.6 is 15.9 Å². The van der Waals surface area contributed by atoms with E-state index >= 15 is 0 Å². The zero-order valence-corrected chi connectivity index (χ0v) is 16.5. The molecule has 0 spiro atoms. The largest absolute Gasteiger partial charge is 0.493 e. The molecule has 0 fully saturated rings. The lowest BCUT2D eigenvalue weighted by atomic mass is 10.1. The number of hydrogen-bond acceptors (Lipinski definition) is 4. The van der Waals surface area contributed by atoms with E-state index in [1.165, 1.54) is 37.5 Å². The van der Waals surface area contributed by atoms with E-state index in [4.69, 9.17) is 9.47 Å². The quantitative estimate of drug-likeness (QED) is 0.497. The van der Waals surface area contributed by atoms with E-state index in [2.05, 4.69) is 21.2 Å². The van der Waals surface area contributed by atoms with Crippen LogP contribution in [0.1, 0.15) is 18.9 Å². The fourth-order valence-corrected chi connectivity index (χ4v) is 2.62. The van der Waals surface area contributed by atoms with Crippen molar-refractivity contribution in [3.8, 4) is 17.6 Å².